The number of piperidine rings is 1. The largest absolute Gasteiger partial charge is 0.339 e. The fraction of sp³-hybridized carbons (Fsp3) is 0.318. The highest BCUT2D eigenvalue weighted by Gasteiger charge is 2.28. The Balaban J connectivity index is 1.43. The first kappa shape index (κ1) is 19.6. The van der Waals surface area contributed by atoms with Gasteiger partial charge in [0.15, 0.2) is 0 Å². The van der Waals surface area contributed by atoms with Crippen LogP contribution in [-0.4, -0.2) is 34.2 Å². The lowest BCUT2D eigenvalue weighted by Gasteiger charge is -2.31. The SMILES string of the molecule is CCc1cccc(NC(=O)N2CCC[C@@H](c3nc(-c4ccc(Br)cc4)no3)C2)c1. The molecule has 6 nitrogen and oxygen atoms in total. The maximum absolute atomic E-state index is 12.7. The number of rotatable bonds is 4. The molecule has 0 bridgehead atoms. The Labute approximate surface area is 178 Å². The van der Waals surface area contributed by atoms with Gasteiger partial charge in [0.2, 0.25) is 11.7 Å². The van der Waals surface area contributed by atoms with E-state index in [4.69, 9.17) is 4.52 Å². The minimum Gasteiger partial charge on any atom is -0.339 e. The summed E-state index contributed by atoms with van der Waals surface area (Å²) in [5.41, 5.74) is 2.93. The van der Waals surface area contributed by atoms with Crippen molar-refractivity contribution in [2.45, 2.75) is 32.1 Å². The normalized spacial score (nSPS) is 16.6. The van der Waals surface area contributed by atoms with Gasteiger partial charge in [0.05, 0.1) is 5.92 Å². The second kappa shape index (κ2) is 8.78. The number of urea groups is 1. The smallest absolute Gasteiger partial charge is 0.321 e. The van der Waals surface area contributed by atoms with Crippen molar-refractivity contribution in [3.05, 3.63) is 64.5 Å². The molecular weight excluding hydrogens is 432 g/mol. The molecular formula is C22H23BrN4O2. The summed E-state index contributed by atoms with van der Waals surface area (Å²) in [6.07, 6.45) is 2.77. The number of anilines is 1. The molecule has 1 saturated heterocycles. The van der Waals surface area contributed by atoms with Gasteiger partial charge < -0.3 is 14.7 Å². The highest BCUT2D eigenvalue weighted by atomic mass is 79.9. The molecule has 2 amide bonds. The molecule has 150 valence electrons. The zero-order valence-corrected chi connectivity index (χ0v) is 17.9. The monoisotopic (exact) mass is 454 g/mol. The number of carbonyl (C=O) groups is 1. The van der Waals surface area contributed by atoms with Crippen molar-refractivity contribution in [1.82, 2.24) is 15.0 Å². The van der Waals surface area contributed by atoms with Crippen molar-refractivity contribution in [2.75, 3.05) is 18.4 Å². The van der Waals surface area contributed by atoms with Crippen LogP contribution in [0.4, 0.5) is 10.5 Å². The van der Waals surface area contributed by atoms with Crippen LogP contribution in [0.15, 0.2) is 57.5 Å². The Morgan fingerprint density at radius 2 is 2.10 bits per heavy atom. The summed E-state index contributed by atoms with van der Waals surface area (Å²) in [5, 5.41) is 7.14. The number of benzene rings is 2. The Bertz CT molecular complexity index is 986. The highest BCUT2D eigenvalue weighted by Crippen LogP contribution is 2.28. The van der Waals surface area contributed by atoms with Gasteiger partial charge in [0.25, 0.3) is 0 Å². The van der Waals surface area contributed by atoms with Crippen molar-refractivity contribution in [2.24, 2.45) is 0 Å². The van der Waals surface area contributed by atoms with Gasteiger partial charge in [0.1, 0.15) is 0 Å². The molecule has 1 N–H and O–H groups in total. The quantitative estimate of drug-likeness (QED) is 0.566. The molecule has 1 atom stereocenters. The third-order valence-corrected chi connectivity index (χ3v) is 5.72. The summed E-state index contributed by atoms with van der Waals surface area (Å²) in [5.74, 6) is 1.21. The molecule has 1 aliphatic rings. The fourth-order valence-corrected chi connectivity index (χ4v) is 3.82. The van der Waals surface area contributed by atoms with Crippen LogP contribution in [0.25, 0.3) is 11.4 Å². The van der Waals surface area contributed by atoms with Crippen LogP contribution in [0.5, 0.6) is 0 Å². The molecule has 0 spiro atoms. The van der Waals surface area contributed by atoms with Gasteiger partial charge in [0, 0.05) is 28.8 Å². The fourth-order valence-electron chi connectivity index (χ4n) is 3.55. The summed E-state index contributed by atoms with van der Waals surface area (Å²) in [7, 11) is 0. The minimum absolute atomic E-state index is 0.0492. The molecule has 0 saturated carbocycles. The highest BCUT2D eigenvalue weighted by molar-refractivity contribution is 9.10. The molecule has 4 rings (SSSR count). The van der Waals surface area contributed by atoms with Gasteiger partial charge in [-0.1, -0.05) is 40.1 Å². The van der Waals surface area contributed by atoms with Crippen molar-refractivity contribution in [3.63, 3.8) is 0 Å². The Hall–Kier alpha value is -2.67. The standard InChI is InChI=1S/C22H23BrN4O2/c1-2-15-5-3-7-19(13-15)24-22(28)27-12-4-6-17(14-27)21-25-20(26-29-21)16-8-10-18(23)11-9-16/h3,5,7-11,13,17H,2,4,6,12,14H2,1H3,(H,24,28)/t17-/m1/s1. The van der Waals surface area contributed by atoms with Gasteiger partial charge in [-0.3, -0.25) is 0 Å². The molecule has 29 heavy (non-hydrogen) atoms. The number of nitrogens with zero attached hydrogens (tertiary/aromatic N) is 3. The van der Waals surface area contributed by atoms with E-state index in [2.05, 4.69) is 44.4 Å². The van der Waals surface area contributed by atoms with E-state index < -0.39 is 0 Å². The average Bonchev–Trinajstić information content (AvgIpc) is 3.25. The molecule has 7 heteroatoms. The summed E-state index contributed by atoms with van der Waals surface area (Å²) in [6, 6.07) is 15.7. The maximum atomic E-state index is 12.7. The summed E-state index contributed by atoms with van der Waals surface area (Å²) >= 11 is 3.43. The molecule has 1 aromatic heterocycles. The number of hydrogen-bond donors (Lipinski definition) is 1. The number of carbonyl (C=O) groups excluding carboxylic acids is 1. The van der Waals surface area contributed by atoms with Crippen LogP contribution in [-0.2, 0) is 6.42 Å². The first-order valence-electron chi connectivity index (χ1n) is 9.87. The van der Waals surface area contributed by atoms with Gasteiger partial charge in [-0.25, -0.2) is 4.79 Å². The maximum Gasteiger partial charge on any atom is 0.321 e. The van der Waals surface area contributed by atoms with E-state index in [0.29, 0.717) is 18.3 Å². The van der Waals surface area contributed by atoms with E-state index >= 15 is 0 Å². The van der Waals surface area contributed by atoms with E-state index in [1.807, 2.05) is 47.4 Å². The predicted octanol–water partition coefficient (Wildman–Crippen LogP) is 5.47. The first-order chi connectivity index (χ1) is 14.1. The molecule has 3 aromatic rings. The van der Waals surface area contributed by atoms with Gasteiger partial charge in [-0.05, 0) is 61.2 Å². The number of amides is 2. The van der Waals surface area contributed by atoms with Gasteiger partial charge in [-0.2, -0.15) is 4.98 Å². The molecule has 0 unspecified atom stereocenters. The van der Waals surface area contributed by atoms with E-state index in [0.717, 1.165) is 41.5 Å². The predicted molar refractivity (Wildman–Crippen MR) is 116 cm³/mol. The second-order valence-corrected chi connectivity index (χ2v) is 8.15. The van der Waals surface area contributed by atoms with Gasteiger partial charge >= 0.3 is 6.03 Å². The Morgan fingerprint density at radius 1 is 1.28 bits per heavy atom. The van der Waals surface area contributed by atoms with Crippen LogP contribution in [0, 0.1) is 0 Å². The average molecular weight is 455 g/mol. The van der Waals surface area contributed by atoms with Crippen molar-refractivity contribution in [1.29, 1.82) is 0 Å². The lowest BCUT2D eigenvalue weighted by Crippen LogP contribution is -2.41. The Kier molecular flexibility index (Phi) is 5.94. The molecule has 0 radical (unpaired) electrons. The number of hydrogen-bond acceptors (Lipinski definition) is 4. The molecule has 1 fully saturated rings. The number of aromatic nitrogens is 2. The van der Waals surface area contributed by atoms with E-state index in [1.54, 1.807) is 0 Å². The number of likely N-dealkylation sites (tertiary alicyclic amines) is 1. The van der Waals surface area contributed by atoms with Crippen molar-refractivity contribution >= 4 is 27.6 Å². The lowest BCUT2D eigenvalue weighted by molar-refractivity contribution is 0.184. The second-order valence-electron chi connectivity index (χ2n) is 7.23. The van der Waals surface area contributed by atoms with E-state index in [1.165, 1.54) is 5.56 Å². The van der Waals surface area contributed by atoms with Crippen LogP contribution in [0.3, 0.4) is 0 Å². The molecule has 2 heterocycles. The third-order valence-electron chi connectivity index (χ3n) is 5.19. The first-order valence-corrected chi connectivity index (χ1v) is 10.7. The van der Waals surface area contributed by atoms with Crippen LogP contribution < -0.4 is 5.32 Å². The van der Waals surface area contributed by atoms with E-state index in [-0.39, 0.29) is 11.9 Å². The summed E-state index contributed by atoms with van der Waals surface area (Å²) < 4.78 is 6.54. The van der Waals surface area contributed by atoms with Crippen molar-refractivity contribution in [3.8, 4) is 11.4 Å². The molecule has 0 aliphatic carbocycles. The molecule has 1 aliphatic heterocycles. The zero-order chi connectivity index (χ0) is 20.2. The molecule has 2 aromatic carbocycles. The van der Waals surface area contributed by atoms with Crippen LogP contribution in [0.1, 0.15) is 37.1 Å². The lowest BCUT2D eigenvalue weighted by atomic mass is 9.98. The summed E-state index contributed by atoms with van der Waals surface area (Å²) in [4.78, 5) is 19.2. The van der Waals surface area contributed by atoms with Crippen LogP contribution >= 0.6 is 15.9 Å². The Morgan fingerprint density at radius 3 is 2.90 bits per heavy atom. The third kappa shape index (κ3) is 4.67. The van der Waals surface area contributed by atoms with Crippen LogP contribution in [0.2, 0.25) is 0 Å². The topological polar surface area (TPSA) is 71.3 Å². The minimum atomic E-state index is -0.0874. The number of halogens is 1. The number of nitrogens with one attached hydrogen (secondary N) is 1. The van der Waals surface area contributed by atoms with E-state index in [9.17, 15) is 4.79 Å². The zero-order valence-electron chi connectivity index (χ0n) is 16.3. The summed E-state index contributed by atoms with van der Waals surface area (Å²) in [6.45, 7) is 3.40. The number of aryl methyl sites for hydroxylation is 1. The van der Waals surface area contributed by atoms with Gasteiger partial charge in [-0.15, -0.1) is 0 Å². The van der Waals surface area contributed by atoms with Crippen molar-refractivity contribution < 1.29 is 9.32 Å².